The lowest BCUT2D eigenvalue weighted by molar-refractivity contribution is -0.143. The van der Waals surface area contributed by atoms with Crippen LogP contribution in [0.1, 0.15) is 37.7 Å². The largest absolute Gasteiger partial charge is 0.481 e. The molecule has 0 aliphatic heterocycles. The Morgan fingerprint density at radius 1 is 0.806 bits per heavy atom. The summed E-state index contributed by atoms with van der Waals surface area (Å²) < 4.78 is 0. The zero-order chi connectivity index (χ0) is 27.1. The molecule has 0 bridgehead atoms. The van der Waals surface area contributed by atoms with Gasteiger partial charge in [-0.15, -0.1) is 0 Å². The molecule has 13 heteroatoms. The number of aliphatic hydroxyl groups is 1. The molecule has 1 aromatic rings. The van der Waals surface area contributed by atoms with Crippen LogP contribution in [0, 0.1) is 0 Å². The minimum absolute atomic E-state index is 0.0334. The van der Waals surface area contributed by atoms with Gasteiger partial charge in [-0.05, 0) is 31.4 Å². The van der Waals surface area contributed by atoms with E-state index >= 15 is 0 Å². The molecule has 3 amide bonds. The van der Waals surface area contributed by atoms with Gasteiger partial charge in [-0.25, -0.2) is 4.79 Å². The number of carbonyl (C=O) groups is 5. The van der Waals surface area contributed by atoms with Crippen molar-refractivity contribution in [2.24, 2.45) is 11.5 Å². The van der Waals surface area contributed by atoms with E-state index < -0.39 is 66.9 Å². The number of aliphatic hydroxyl groups excluding tert-OH is 1. The molecule has 13 nitrogen and oxygen atoms in total. The average Bonchev–Trinajstić information content (AvgIpc) is 2.84. The minimum Gasteiger partial charge on any atom is -0.481 e. The molecule has 36 heavy (non-hydrogen) atoms. The Kier molecular flexibility index (Phi) is 13.7. The van der Waals surface area contributed by atoms with Crippen molar-refractivity contribution < 1.29 is 39.3 Å². The quantitative estimate of drug-likeness (QED) is 0.108. The van der Waals surface area contributed by atoms with Crippen molar-refractivity contribution in [1.82, 2.24) is 16.0 Å². The van der Waals surface area contributed by atoms with Gasteiger partial charge in [0.2, 0.25) is 17.7 Å². The number of nitrogens with two attached hydrogens (primary N) is 2. The molecule has 1 rings (SSSR count). The van der Waals surface area contributed by atoms with Crippen LogP contribution in [0.3, 0.4) is 0 Å². The maximum Gasteiger partial charge on any atom is 0.328 e. The fourth-order valence-corrected chi connectivity index (χ4v) is 3.24. The third-order valence-corrected chi connectivity index (χ3v) is 5.30. The van der Waals surface area contributed by atoms with Gasteiger partial charge in [0.25, 0.3) is 0 Å². The van der Waals surface area contributed by atoms with Crippen LogP contribution in [-0.4, -0.2) is 82.3 Å². The number of amides is 3. The maximum absolute atomic E-state index is 13.0. The Morgan fingerprint density at radius 3 is 1.94 bits per heavy atom. The summed E-state index contributed by atoms with van der Waals surface area (Å²) in [5.74, 6) is -5.04. The Bertz CT molecular complexity index is 883. The highest BCUT2D eigenvalue weighted by molar-refractivity contribution is 5.94. The first-order valence-electron chi connectivity index (χ1n) is 11.5. The number of aliphatic carboxylic acids is 2. The first-order valence-corrected chi connectivity index (χ1v) is 11.5. The Balaban J connectivity index is 3.05. The van der Waals surface area contributed by atoms with Gasteiger partial charge in [-0.2, -0.15) is 0 Å². The highest BCUT2D eigenvalue weighted by Gasteiger charge is 2.30. The summed E-state index contributed by atoms with van der Waals surface area (Å²) >= 11 is 0. The molecule has 0 saturated heterocycles. The molecule has 0 aliphatic carbocycles. The first kappa shape index (κ1) is 30.5. The van der Waals surface area contributed by atoms with E-state index in [0.717, 1.165) is 0 Å². The fraction of sp³-hybridized carbons (Fsp3) is 0.522. The van der Waals surface area contributed by atoms with Crippen LogP contribution in [0.2, 0.25) is 0 Å². The summed E-state index contributed by atoms with van der Waals surface area (Å²) in [6, 6.07) is 3.42. The van der Waals surface area contributed by atoms with Gasteiger partial charge < -0.3 is 42.7 Å². The highest BCUT2D eigenvalue weighted by atomic mass is 16.4. The van der Waals surface area contributed by atoms with Crippen molar-refractivity contribution in [3.05, 3.63) is 35.9 Å². The van der Waals surface area contributed by atoms with E-state index in [2.05, 4.69) is 16.0 Å². The predicted molar refractivity (Wildman–Crippen MR) is 128 cm³/mol. The summed E-state index contributed by atoms with van der Waals surface area (Å²) in [4.78, 5) is 60.7. The molecular weight excluding hydrogens is 474 g/mol. The second kappa shape index (κ2) is 16.2. The molecule has 4 atom stereocenters. The average molecular weight is 510 g/mol. The Hall–Kier alpha value is -3.55. The van der Waals surface area contributed by atoms with Crippen LogP contribution >= 0.6 is 0 Å². The molecule has 10 N–H and O–H groups in total. The fourth-order valence-electron chi connectivity index (χ4n) is 3.24. The van der Waals surface area contributed by atoms with Gasteiger partial charge in [0.1, 0.15) is 18.1 Å². The van der Waals surface area contributed by atoms with Gasteiger partial charge in [0.15, 0.2) is 0 Å². The standard InChI is InChI=1S/C23H35N5O8/c24-11-5-4-8-15(25)20(32)26-16(9-10-19(30)31)21(33)27-17(12-14-6-2-1-3-7-14)22(34)28-18(13-29)23(35)36/h1-3,6-7,15-18,29H,4-5,8-13,24-25H2,(H,26,32)(H,27,33)(H,28,34)(H,30,31)(H,35,36). The van der Waals surface area contributed by atoms with Gasteiger partial charge in [-0.3, -0.25) is 19.2 Å². The van der Waals surface area contributed by atoms with Crippen LogP contribution in [-0.2, 0) is 30.4 Å². The summed E-state index contributed by atoms with van der Waals surface area (Å²) in [5.41, 5.74) is 11.9. The van der Waals surface area contributed by atoms with Crippen molar-refractivity contribution in [2.75, 3.05) is 13.2 Å². The lowest BCUT2D eigenvalue weighted by atomic mass is 10.0. The summed E-state index contributed by atoms with van der Waals surface area (Å²) in [6.07, 6.45) is 0.817. The molecule has 0 spiro atoms. The number of hydrogen-bond acceptors (Lipinski definition) is 8. The van der Waals surface area contributed by atoms with Crippen molar-refractivity contribution in [3.63, 3.8) is 0 Å². The van der Waals surface area contributed by atoms with Crippen LogP contribution in [0.25, 0.3) is 0 Å². The van der Waals surface area contributed by atoms with E-state index in [4.69, 9.17) is 21.7 Å². The van der Waals surface area contributed by atoms with Crippen LogP contribution in [0.4, 0.5) is 0 Å². The zero-order valence-electron chi connectivity index (χ0n) is 19.9. The third kappa shape index (κ3) is 11.3. The minimum atomic E-state index is -1.60. The first-order chi connectivity index (χ1) is 17.1. The van der Waals surface area contributed by atoms with E-state index in [-0.39, 0.29) is 12.8 Å². The van der Waals surface area contributed by atoms with Gasteiger partial charge in [-0.1, -0.05) is 36.8 Å². The maximum atomic E-state index is 13.0. The number of carboxylic acid groups (broad SMARTS) is 2. The number of benzene rings is 1. The lowest BCUT2D eigenvalue weighted by Crippen LogP contribution is -2.58. The van der Waals surface area contributed by atoms with Crippen molar-refractivity contribution >= 4 is 29.7 Å². The molecule has 0 aromatic heterocycles. The Labute approximate surface area is 208 Å². The van der Waals surface area contributed by atoms with E-state index in [9.17, 15) is 29.1 Å². The number of hydrogen-bond donors (Lipinski definition) is 8. The van der Waals surface area contributed by atoms with Gasteiger partial charge in [0, 0.05) is 12.8 Å². The molecule has 200 valence electrons. The van der Waals surface area contributed by atoms with Crippen LogP contribution in [0.5, 0.6) is 0 Å². The number of nitrogens with one attached hydrogen (secondary N) is 3. The molecule has 1 aromatic carbocycles. The molecule has 0 heterocycles. The van der Waals surface area contributed by atoms with Crippen LogP contribution in [0.15, 0.2) is 30.3 Å². The van der Waals surface area contributed by atoms with Crippen molar-refractivity contribution in [2.45, 2.75) is 62.7 Å². The topological polar surface area (TPSA) is 234 Å². The monoisotopic (exact) mass is 509 g/mol. The number of unbranched alkanes of at least 4 members (excludes halogenated alkanes) is 1. The molecule has 0 radical (unpaired) electrons. The molecular formula is C23H35N5O8. The van der Waals surface area contributed by atoms with E-state index in [1.807, 2.05) is 0 Å². The SMILES string of the molecule is NCCCCC(N)C(=O)NC(CCC(=O)O)C(=O)NC(Cc1ccccc1)C(=O)NC(CO)C(=O)O. The number of carboxylic acids is 2. The third-order valence-electron chi connectivity index (χ3n) is 5.30. The molecule has 4 unspecified atom stereocenters. The van der Waals surface area contributed by atoms with Crippen molar-refractivity contribution in [3.8, 4) is 0 Å². The predicted octanol–water partition coefficient (Wildman–Crippen LogP) is -1.92. The number of carbonyl (C=O) groups excluding carboxylic acids is 3. The summed E-state index contributed by atoms with van der Waals surface area (Å²) in [6.45, 7) is -0.436. The highest BCUT2D eigenvalue weighted by Crippen LogP contribution is 2.07. The molecule has 0 aliphatic rings. The van der Waals surface area contributed by atoms with E-state index in [0.29, 0.717) is 31.4 Å². The lowest BCUT2D eigenvalue weighted by Gasteiger charge is -2.25. The van der Waals surface area contributed by atoms with Crippen molar-refractivity contribution in [1.29, 1.82) is 0 Å². The second-order valence-electron chi connectivity index (χ2n) is 8.22. The summed E-state index contributed by atoms with van der Waals surface area (Å²) in [5, 5.41) is 34.5. The second-order valence-corrected chi connectivity index (χ2v) is 8.22. The van der Waals surface area contributed by atoms with E-state index in [1.165, 1.54) is 0 Å². The van der Waals surface area contributed by atoms with Gasteiger partial charge >= 0.3 is 11.9 Å². The number of rotatable bonds is 17. The molecule has 0 fully saturated rings. The normalized spacial score (nSPS) is 14.1. The van der Waals surface area contributed by atoms with Crippen LogP contribution < -0.4 is 27.4 Å². The molecule has 0 saturated carbocycles. The summed E-state index contributed by atoms with van der Waals surface area (Å²) in [7, 11) is 0. The smallest absolute Gasteiger partial charge is 0.328 e. The zero-order valence-corrected chi connectivity index (χ0v) is 19.9. The van der Waals surface area contributed by atoms with Gasteiger partial charge in [0.05, 0.1) is 12.6 Å². The Morgan fingerprint density at radius 2 is 1.39 bits per heavy atom. The van der Waals surface area contributed by atoms with E-state index in [1.54, 1.807) is 30.3 Å².